The van der Waals surface area contributed by atoms with Crippen LogP contribution < -0.4 is 0 Å². The van der Waals surface area contributed by atoms with Gasteiger partial charge >= 0.3 is 0 Å². The minimum Gasteiger partial charge on any atom is -0.261 e. The van der Waals surface area contributed by atoms with Crippen LogP contribution in [0.2, 0.25) is 0 Å². The fourth-order valence-corrected chi connectivity index (χ4v) is 2.66. The van der Waals surface area contributed by atoms with Crippen LogP contribution in [0.3, 0.4) is 0 Å². The second kappa shape index (κ2) is 5.28. The number of nitrogens with zero attached hydrogens (tertiary/aromatic N) is 3. The topological polar surface area (TPSA) is 38.7 Å². The molecular formula is C15H13N3S. The first-order chi connectivity index (χ1) is 9.33. The van der Waals surface area contributed by atoms with E-state index in [1.54, 1.807) is 17.5 Å². The highest BCUT2D eigenvalue weighted by molar-refractivity contribution is 7.10. The molecule has 3 aromatic rings. The van der Waals surface area contributed by atoms with Gasteiger partial charge in [0.15, 0.2) is 0 Å². The van der Waals surface area contributed by atoms with Crippen molar-refractivity contribution in [2.75, 3.05) is 0 Å². The van der Waals surface area contributed by atoms with Crippen molar-refractivity contribution in [2.45, 2.75) is 13.3 Å². The molecule has 0 bridgehead atoms. The first kappa shape index (κ1) is 12.0. The Kier molecular flexibility index (Phi) is 3.33. The molecule has 0 atom stereocenters. The Hall–Kier alpha value is -2.07. The molecule has 0 aromatic carbocycles. The van der Waals surface area contributed by atoms with Crippen molar-refractivity contribution in [3.05, 3.63) is 64.4 Å². The molecule has 0 radical (unpaired) electrons. The zero-order chi connectivity index (χ0) is 13.1. The smallest absolute Gasteiger partial charge is 0.0998 e. The molecule has 0 saturated carbocycles. The standard InChI is InChI=1S/C15H13N3S/c1-11-5-4-8-17-13(11)9-15-18-14(10-19-15)12-6-2-3-7-16-12/h2-8,10H,9H2,1H3. The summed E-state index contributed by atoms with van der Waals surface area (Å²) in [5.41, 5.74) is 4.15. The summed E-state index contributed by atoms with van der Waals surface area (Å²) in [4.78, 5) is 13.4. The van der Waals surface area contributed by atoms with Gasteiger partial charge in [-0.05, 0) is 30.7 Å². The van der Waals surface area contributed by atoms with E-state index in [9.17, 15) is 0 Å². The molecule has 0 N–H and O–H groups in total. The maximum Gasteiger partial charge on any atom is 0.0998 e. The molecule has 0 amide bonds. The van der Waals surface area contributed by atoms with Crippen LogP contribution in [0.15, 0.2) is 48.1 Å². The average Bonchev–Trinajstić information content (AvgIpc) is 2.91. The highest BCUT2D eigenvalue weighted by Gasteiger charge is 2.07. The lowest BCUT2D eigenvalue weighted by Gasteiger charge is -2.00. The summed E-state index contributed by atoms with van der Waals surface area (Å²) in [6, 6.07) is 9.90. The molecule has 0 unspecified atom stereocenters. The van der Waals surface area contributed by atoms with Gasteiger partial charge in [0.05, 0.1) is 22.1 Å². The zero-order valence-electron chi connectivity index (χ0n) is 10.6. The third-order valence-corrected chi connectivity index (χ3v) is 3.76. The molecule has 0 aliphatic carbocycles. The van der Waals surface area contributed by atoms with Gasteiger partial charge in [-0.15, -0.1) is 11.3 Å². The fourth-order valence-electron chi connectivity index (χ4n) is 1.87. The van der Waals surface area contributed by atoms with Gasteiger partial charge in [0.2, 0.25) is 0 Å². The van der Waals surface area contributed by atoms with Crippen molar-refractivity contribution in [3.63, 3.8) is 0 Å². The lowest BCUT2D eigenvalue weighted by molar-refractivity contribution is 1.02. The molecule has 94 valence electrons. The van der Waals surface area contributed by atoms with Crippen LogP contribution in [-0.2, 0) is 6.42 Å². The van der Waals surface area contributed by atoms with E-state index in [2.05, 4.69) is 33.3 Å². The summed E-state index contributed by atoms with van der Waals surface area (Å²) in [5.74, 6) is 0. The number of hydrogen-bond donors (Lipinski definition) is 0. The molecule has 19 heavy (non-hydrogen) atoms. The molecule has 3 heterocycles. The highest BCUT2D eigenvalue weighted by Crippen LogP contribution is 2.21. The molecule has 0 spiro atoms. The van der Waals surface area contributed by atoms with E-state index in [4.69, 9.17) is 0 Å². The van der Waals surface area contributed by atoms with Gasteiger partial charge < -0.3 is 0 Å². The minimum atomic E-state index is 0.782. The Morgan fingerprint density at radius 1 is 1.00 bits per heavy atom. The first-order valence-electron chi connectivity index (χ1n) is 6.09. The normalized spacial score (nSPS) is 10.6. The van der Waals surface area contributed by atoms with E-state index in [1.165, 1.54) is 5.56 Å². The minimum absolute atomic E-state index is 0.782. The van der Waals surface area contributed by atoms with Crippen molar-refractivity contribution in [1.29, 1.82) is 0 Å². The number of aromatic nitrogens is 3. The maximum atomic E-state index is 4.63. The summed E-state index contributed by atoms with van der Waals surface area (Å²) < 4.78 is 0. The van der Waals surface area contributed by atoms with Crippen LogP contribution in [0.5, 0.6) is 0 Å². The lowest BCUT2D eigenvalue weighted by Crippen LogP contribution is -1.94. The predicted octanol–water partition coefficient (Wildman–Crippen LogP) is 3.50. The van der Waals surface area contributed by atoms with E-state index in [0.29, 0.717) is 0 Å². The number of thiazole rings is 1. The third kappa shape index (κ3) is 2.69. The maximum absolute atomic E-state index is 4.63. The molecule has 0 fully saturated rings. The molecule has 3 aromatic heterocycles. The quantitative estimate of drug-likeness (QED) is 0.729. The number of hydrogen-bond acceptors (Lipinski definition) is 4. The number of aryl methyl sites for hydroxylation is 1. The SMILES string of the molecule is Cc1cccnc1Cc1nc(-c2ccccn2)cs1. The molecule has 0 saturated heterocycles. The molecule has 3 nitrogen and oxygen atoms in total. The van der Waals surface area contributed by atoms with Gasteiger partial charge in [0, 0.05) is 24.2 Å². The summed E-state index contributed by atoms with van der Waals surface area (Å²) in [5, 5.41) is 3.12. The first-order valence-corrected chi connectivity index (χ1v) is 6.97. The van der Waals surface area contributed by atoms with E-state index < -0.39 is 0 Å². The molecule has 3 rings (SSSR count). The van der Waals surface area contributed by atoms with Crippen molar-refractivity contribution >= 4 is 11.3 Å². The molecule has 0 aliphatic rings. The summed E-state index contributed by atoms with van der Waals surface area (Å²) >= 11 is 1.66. The van der Waals surface area contributed by atoms with Gasteiger partial charge in [-0.3, -0.25) is 9.97 Å². The van der Waals surface area contributed by atoms with E-state index in [0.717, 1.165) is 28.5 Å². The molecule has 0 aliphatic heterocycles. The van der Waals surface area contributed by atoms with Crippen LogP contribution in [0, 0.1) is 6.92 Å². The Bertz CT molecular complexity index is 677. The van der Waals surface area contributed by atoms with E-state index in [1.807, 2.05) is 30.5 Å². The summed E-state index contributed by atoms with van der Waals surface area (Å²) in [6.07, 6.45) is 4.40. The van der Waals surface area contributed by atoms with Crippen LogP contribution in [0.25, 0.3) is 11.4 Å². The average molecular weight is 267 g/mol. The second-order valence-electron chi connectivity index (χ2n) is 4.29. The Balaban J connectivity index is 1.85. The van der Waals surface area contributed by atoms with Gasteiger partial charge in [-0.1, -0.05) is 12.1 Å². The van der Waals surface area contributed by atoms with Crippen molar-refractivity contribution < 1.29 is 0 Å². The van der Waals surface area contributed by atoms with Crippen LogP contribution in [0.4, 0.5) is 0 Å². The van der Waals surface area contributed by atoms with Crippen molar-refractivity contribution in [1.82, 2.24) is 15.0 Å². The highest BCUT2D eigenvalue weighted by atomic mass is 32.1. The Morgan fingerprint density at radius 3 is 2.68 bits per heavy atom. The van der Waals surface area contributed by atoms with Crippen molar-refractivity contribution in [2.24, 2.45) is 0 Å². The van der Waals surface area contributed by atoms with Gasteiger partial charge in [-0.2, -0.15) is 0 Å². The Labute approximate surface area is 116 Å². The van der Waals surface area contributed by atoms with Crippen LogP contribution in [0.1, 0.15) is 16.3 Å². The predicted molar refractivity (Wildman–Crippen MR) is 77.1 cm³/mol. The molecule has 4 heteroatoms. The fraction of sp³-hybridized carbons (Fsp3) is 0.133. The Morgan fingerprint density at radius 2 is 1.89 bits per heavy atom. The third-order valence-electron chi connectivity index (χ3n) is 2.92. The number of rotatable bonds is 3. The summed E-state index contributed by atoms with van der Waals surface area (Å²) in [7, 11) is 0. The largest absolute Gasteiger partial charge is 0.261 e. The zero-order valence-corrected chi connectivity index (χ0v) is 11.4. The molecular weight excluding hydrogens is 254 g/mol. The van der Waals surface area contributed by atoms with Crippen molar-refractivity contribution in [3.8, 4) is 11.4 Å². The second-order valence-corrected chi connectivity index (χ2v) is 5.23. The number of pyridine rings is 2. The van der Waals surface area contributed by atoms with Gasteiger partial charge in [0.1, 0.15) is 0 Å². The van der Waals surface area contributed by atoms with Crippen LogP contribution in [-0.4, -0.2) is 15.0 Å². The summed E-state index contributed by atoms with van der Waals surface area (Å²) in [6.45, 7) is 2.08. The van der Waals surface area contributed by atoms with Crippen LogP contribution >= 0.6 is 11.3 Å². The lowest BCUT2D eigenvalue weighted by atomic mass is 10.2. The van der Waals surface area contributed by atoms with E-state index in [-0.39, 0.29) is 0 Å². The monoisotopic (exact) mass is 267 g/mol. The van der Waals surface area contributed by atoms with Gasteiger partial charge in [-0.25, -0.2) is 4.98 Å². The van der Waals surface area contributed by atoms with Gasteiger partial charge in [0.25, 0.3) is 0 Å². The van der Waals surface area contributed by atoms with E-state index >= 15 is 0 Å².